The number of benzene rings is 4. The molecule has 2 heterocycles. The van der Waals surface area contributed by atoms with E-state index in [9.17, 15) is 9.59 Å². The number of hydrogen-bond donors (Lipinski definition) is 2. The zero-order valence-electron chi connectivity index (χ0n) is 19.0. The average molecular weight is 511 g/mol. The lowest BCUT2D eigenvalue weighted by molar-refractivity contribution is 1.31. The minimum atomic E-state index is -0.122. The molecule has 0 saturated heterocycles. The lowest BCUT2D eigenvalue weighted by atomic mass is 10.0. The predicted molar refractivity (Wildman–Crippen MR) is 150 cm³/mol. The number of fused-ring (bicyclic) bond motifs is 2. The van der Waals surface area contributed by atoms with E-state index in [-0.39, 0.29) is 11.1 Å². The largest absolute Gasteiger partial charge is 0.322 e. The summed E-state index contributed by atoms with van der Waals surface area (Å²) in [4.78, 5) is 29.0. The third-order valence-electron chi connectivity index (χ3n) is 5.78. The molecule has 0 aliphatic rings. The number of halogens is 2. The molecule has 6 rings (SSSR count). The molecule has 6 heteroatoms. The van der Waals surface area contributed by atoms with E-state index in [4.69, 9.17) is 23.2 Å². The molecule has 0 saturated carbocycles. The fourth-order valence-corrected chi connectivity index (χ4v) is 4.52. The van der Waals surface area contributed by atoms with Crippen LogP contribution in [0.4, 0.5) is 0 Å². The standard InChI is InChI=1S/2C15H10ClNO/c2*16-11-6-7-12-13(10-4-2-1-3-5-10)9-15(18)17-14(12)8-11/h2*1-9H,(H,17,18). The lowest BCUT2D eigenvalue weighted by Crippen LogP contribution is -2.04. The van der Waals surface area contributed by atoms with Crippen molar-refractivity contribution in [2.45, 2.75) is 0 Å². The monoisotopic (exact) mass is 510 g/mol. The van der Waals surface area contributed by atoms with Gasteiger partial charge in [0.25, 0.3) is 0 Å². The summed E-state index contributed by atoms with van der Waals surface area (Å²) in [5, 5.41) is 3.21. The molecule has 4 nitrogen and oxygen atoms in total. The Labute approximate surface area is 216 Å². The highest BCUT2D eigenvalue weighted by atomic mass is 35.5. The van der Waals surface area contributed by atoms with Gasteiger partial charge in [-0.05, 0) is 46.5 Å². The molecule has 0 unspecified atom stereocenters. The van der Waals surface area contributed by atoms with Gasteiger partial charge in [0, 0.05) is 33.0 Å². The number of aromatic nitrogens is 2. The van der Waals surface area contributed by atoms with Crippen molar-refractivity contribution in [3.63, 3.8) is 0 Å². The van der Waals surface area contributed by atoms with Gasteiger partial charge in [0.2, 0.25) is 11.1 Å². The summed E-state index contributed by atoms with van der Waals surface area (Å²) in [6.45, 7) is 0. The second kappa shape index (κ2) is 10.2. The van der Waals surface area contributed by atoms with Gasteiger partial charge in [-0.3, -0.25) is 9.59 Å². The van der Waals surface area contributed by atoms with Crippen molar-refractivity contribution in [3.05, 3.63) is 140 Å². The van der Waals surface area contributed by atoms with Crippen LogP contribution in [0.1, 0.15) is 0 Å². The topological polar surface area (TPSA) is 65.7 Å². The van der Waals surface area contributed by atoms with E-state index < -0.39 is 0 Å². The Morgan fingerprint density at radius 1 is 0.472 bits per heavy atom. The van der Waals surface area contributed by atoms with Crippen LogP contribution in [0.15, 0.2) is 119 Å². The van der Waals surface area contributed by atoms with E-state index in [0.29, 0.717) is 10.0 Å². The maximum atomic E-state index is 11.7. The summed E-state index contributed by atoms with van der Waals surface area (Å²) in [5.74, 6) is 0. The van der Waals surface area contributed by atoms with Crippen molar-refractivity contribution in [1.29, 1.82) is 0 Å². The molecule has 0 spiro atoms. The maximum absolute atomic E-state index is 11.7. The highest BCUT2D eigenvalue weighted by Crippen LogP contribution is 2.28. The van der Waals surface area contributed by atoms with Crippen molar-refractivity contribution in [2.75, 3.05) is 0 Å². The normalized spacial score (nSPS) is 10.7. The Bertz CT molecular complexity index is 1660. The number of aromatic amines is 2. The molecule has 176 valence electrons. The van der Waals surface area contributed by atoms with E-state index in [0.717, 1.165) is 44.1 Å². The Balaban J connectivity index is 0.000000148. The molecule has 0 bridgehead atoms. The van der Waals surface area contributed by atoms with Crippen LogP contribution in [-0.2, 0) is 0 Å². The number of nitrogens with one attached hydrogen (secondary N) is 2. The van der Waals surface area contributed by atoms with Gasteiger partial charge in [0.05, 0.1) is 11.0 Å². The minimum Gasteiger partial charge on any atom is -0.322 e. The van der Waals surface area contributed by atoms with Crippen LogP contribution in [0, 0.1) is 0 Å². The molecule has 2 N–H and O–H groups in total. The van der Waals surface area contributed by atoms with Gasteiger partial charge in [-0.25, -0.2) is 0 Å². The van der Waals surface area contributed by atoms with Crippen molar-refractivity contribution < 1.29 is 0 Å². The van der Waals surface area contributed by atoms with Crippen LogP contribution < -0.4 is 11.1 Å². The van der Waals surface area contributed by atoms with E-state index in [2.05, 4.69) is 9.97 Å². The molecule has 6 aromatic rings. The van der Waals surface area contributed by atoms with Gasteiger partial charge in [-0.2, -0.15) is 0 Å². The van der Waals surface area contributed by atoms with Crippen molar-refractivity contribution in [1.82, 2.24) is 9.97 Å². The van der Waals surface area contributed by atoms with Gasteiger partial charge >= 0.3 is 0 Å². The summed E-state index contributed by atoms with van der Waals surface area (Å²) in [6.07, 6.45) is 0. The average Bonchev–Trinajstić information content (AvgIpc) is 2.88. The zero-order valence-corrected chi connectivity index (χ0v) is 20.5. The van der Waals surface area contributed by atoms with E-state index in [1.807, 2.05) is 84.9 Å². The Kier molecular flexibility index (Phi) is 6.72. The third-order valence-corrected chi connectivity index (χ3v) is 6.25. The molecule has 0 amide bonds. The quantitative estimate of drug-likeness (QED) is 0.250. The molecule has 36 heavy (non-hydrogen) atoms. The summed E-state index contributed by atoms with van der Waals surface area (Å²) < 4.78 is 0. The van der Waals surface area contributed by atoms with E-state index in [1.54, 1.807) is 24.3 Å². The highest BCUT2D eigenvalue weighted by Gasteiger charge is 2.07. The molecular formula is C30H20Cl2N2O2. The van der Waals surface area contributed by atoms with Crippen LogP contribution in [0.5, 0.6) is 0 Å². The summed E-state index contributed by atoms with van der Waals surface area (Å²) in [5.41, 5.74) is 5.17. The van der Waals surface area contributed by atoms with Crippen molar-refractivity contribution in [3.8, 4) is 22.3 Å². The van der Waals surface area contributed by atoms with E-state index >= 15 is 0 Å². The molecule has 4 aromatic carbocycles. The molecule has 0 atom stereocenters. The molecule has 2 aromatic heterocycles. The predicted octanol–water partition coefficient (Wildman–Crippen LogP) is 7.70. The van der Waals surface area contributed by atoms with Crippen LogP contribution >= 0.6 is 23.2 Å². The van der Waals surface area contributed by atoms with Crippen LogP contribution in [0.2, 0.25) is 10.0 Å². The highest BCUT2D eigenvalue weighted by molar-refractivity contribution is 6.31. The minimum absolute atomic E-state index is 0.122. The molecular weight excluding hydrogens is 491 g/mol. The number of H-pyrrole nitrogens is 2. The van der Waals surface area contributed by atoms with Gasteiger partial charge in [-0.15, -0.1) is 0 Å². The van der Waals surface area contributed by atoms with Crippen LogP contribution in [-0.4, -0.2) is 9.97 Å². The van der Waals surface area contributed by atoms with Gasteiger partial charge in [0.15, 0.2) is 0 Å². The second-order valence-electron chi connectivity index (χ2n) is 8.21. The molecule has 0 radical (unpaired) electrons. The molecule has 0 aliphatic heterocycles. The van der Waals surface area contributed by atoms with Gasteiger partial charge in [-0.1, -0.05) is 96.0 Å². The second-order valence-corrected chi connectivity index (χ2v) is 9.08. The smallest absolute Gasteiger partial charge is 0.249 e. The lowest BCUT2D eigenvalue weighted by Gasteiger charge is -2.06. The van der Waals surface area contributed by atoms with E-state index in [1.165, 1.54) is 0 Å². The number of pyridine rings is 2. The van der Waals surface area contributed by atoms with Crippen molar-refractivity contribution in [2.24, 2.45) is 0 Å². The third kappa shape index (κ3) is 5.10. The first-order valence-electron chi connectivity index (χ1n) is 11.2. The Hall–Kier alpha value is -4.12. The fourth-order valence-electron chi connectivity index (χ4n) is 4.18. The number of rotatable bonds is 2. The number of hydrogen-bond acceptors (Lipinski definition) is 2. The van der Waals surface area contributed by atoms with Crippen LogP contribution in [0.25, 0.3) is 44.1 Å². The fraction of sp³-hybridized carbons (Fsp3) is 0. The van der Waals surface area contributed by atoms with Crippen LogP contribution in [0.3, 0.4) is 0 Å². The van der Waals surface area contributed by atoms with Crippen molar-refractivity contribution >= 4 is 45.0 Å². The first-order chi connectivity index (χ1) is 17.5. The maximum Gasteiger partial charge on any atom is 0.249 e. The van der Waals surface area contributed by atoms with Gasteiger partial charge < -0.3 is 9.97 Å². The Morgan fingerprint density at radius 2 is 0.861 bits per heavy atom. The molecule has 0 fully saturated rings. The molecule has 0 aliphatic carbocycles. The summed E-state index contributed by atoms with van der Waals surface area (Å²) in [7, 11) is 0. The summed E-state index contributed by atoms with van der Waals surface area (Å²) in [6, 6.07) is 34.0. The SMILES string of the molecule is O=c1cc(-c2ccccc2)c2ccc(Cl)cc2[nH]1.O=c1cc(-c2ccccc2)c2ccc(Cl)cc2[nH]1. The first-order valence-corrected chi connectivity index (χ1v) is 12.0. The van der Waals surface area contributed by atoms with Gasteiger partial charge in [0.1, 0.15) is 0 Å². The Morgan fingerprint density at radius 3 is 1.25 bits per heavy atom. The first kappa shape index (κ1) is 23.6. The zero-order chi connectivity index (χ0) is 25.1. The summed E-state index contributed by atoms with van der Waals surface area (Å²) >= 11 is 11.9.